The van der Waals surface area contributed by atoms with Gasteiger partial charge in [-0.2, -0.15) is 0 Å². The van der Waals surface area contributed by atoms with Gasteiger partial charge >= 0.3 is 229 Å². The molecule has 44 heavy (non-hydrogen) atoms. The van der Waals surface area contributed by atoms with E-state index in [4.69, 9.17) is 4.42 Å². The molecule has 0 amide bonds. The Hall–Kier alpha value is -5.47. The van der Waals surface area contributed by atoms with E-state index in [1.165, 1.54) is 27.8 Å². The normalized spacial score (nSPS) is 12.2. The molecule has 1 nitrogen and oxygen atoms in total. The van der Waals surface area contributed by atoms with Crippen molar-refractivity contribution in [2.45, 2.75) is 6.92 Å². The van der Waals surface area contributed by atoms with E-state index < -0.39 is 0 Å². The molecule has 0 aliphatic rings. The first-order chi connectivity index (χ1) is 21.6. The molecule has 0 saturated carbocycles. The van der Waals surface area contributed by atoms with Crippen LogP contribution in [0.3, 0.4) is 0 Å². The molecule has 2 heteroatoms. The van der Waals surface area contributed by atoms with Gasteiger partial charge in [0.25, 0.3) is 0 Å². The van der Waals surface area contributed by atoms with Crippen LogP contribution in [0.15, 0.2) is 169 Å². The second kappa shape index (κ2) is 12.0. The van der Waals surface area contributed by atoms with Crippen molar-refractivity contribution < 1.29 is 4.42 Å². The van der Waals surface area contributed by atoms with Crippen molar-refractivity contribution in [3.05, 3.63) is 186 Å². The van der Waals surface area contributed by atoms with Gasteiger partial charge < -0.3 is 0 Å². The molecule has 1 aromatic heterocycles. The summed E-state index contributed by atoms with van der Waals surface area (Å²) in [7, 11) is 0. The summed E-state index contributed by atoms with van der Waals surface area (Å²) in [4.78, 5) is 0. The standard InChI is InChI=1S/C42H31BO/c1-29(31-13-5-3-6-14-31)42-41(39-21-9-10-22-40(39)44-42)43-30(2)35-17-11-19-37(27-35)38-20-12-18-36(28-38)34-25-23-33(24-26-34)32-15-7-4-8-16-32/h3-28H,2H2,1H3/b42-29-. The second-order valence-electron chi connectivity index (χ2n) is 11.1. The first-order valence-corrected chi connectivity index (χ1v) is 15.0. The molecule has 6 aromatic carbocycles. The van der Waals surface area contributed by atoms with Crippen LogP contribution < -0.4 is 5.42 Å². The molecule has 1 heterocycles. The minimum absolute atomic E-state index is 0.874. The third-order valence-electron chi connectivity index (χ3n) is 8.25. The van der Waals surface area contributed by atoms with Gasteiger partial charge in [0.2, 0.25) is 0 Å². The van der Waals surface area contributed by atoms with Crippen LogP contribution in [0.5, 0.6) is 0 Å². The van der Waals surface area contributed by atoms with Crippen molar-refractivity contribution in [3.63, 3.8) is 0 Å². The van der Waals surface area contributed by atoms with Crippen LogP contribution in [0.2, 0.25) is 0 Å². The number of fused-ring (bicyclic) bond motifs is 1. The fourth-order valence-corrected chi connectivity index (χ4v) is 5.83. The summed E-state index contributed by atoms with van der Waals surface area (Å²) in [6.45, 7) is 8.79. The zero-order valence-electron chi connectivity index (χ0n) is 24.7. The molecule has 0 atom stereocenters. The number of furan rings is 1. The zero-order chi connectivity index (χ0) is 29.9. The van der Waals surface area contributed by atoms with Gasteiger partial charge in [0, 0.05) is 0 Å². The number of benzene rings is 6. The topological polar surface area (TPSA) is 13.1 Å². The molecule has 0 aliphatic carbocycles. The Balaban J connectivity index is 1.24. The SMILES string of the molecule is C=C(B=c1/c(=C(\C)c2ccccc2)oc2ccccc12)c1cccc(-c2cccc(-c3ccc(-c4ccccc4)cc3)c2)c1. The first kappa shape index (κ1) is 27.4. The van der Waals surface area contributed by atoms with Crippen LogP contribution in [-0.2, 0) is 0 Å². The van der Waals surface area contributed by atoms with Crippen LogP contribution >= 0.6 is 0 Å². The van der Waals surface area contributed by atoms with Gasteiger partial charge in [0.05, 0.1) is 0 Å². The van der Waals surface area contributed by atoms with Crippen molar-refractivity contribution in [2.75, 3.05) is 0 Å². The van der Waals surface area contributed by atoms with E-state index in [-0.39, 0.29) is 0 Å². The molecular weight excluding hydrogens is 531 g/mol. The summed E-state index contributed by atoms with van der Waals surface area (Å²) in [5.41, 5.74) is 13.2. The summed E-state index contributed by atoms with van der Waals surface area (Å²) < 4.78 is 6.42. The van der Waals surface area contributed by atoms with Crippen molar-refractivity contribution in [1.29, 1.82) is 0 Å². The third-order valence-corrected chi connectivity index (χ3v) is 8.25. The number of hydrogen-bond donors (Lipinski definition) is 0. The summed E-state index contributed by atoms with van der Waals surface area (Å²) in [5.74, 6) is 0. The second-order valence-corrected chi connectivity index (χ2v) is 11.1. The van der Waals surface area contributed by atoms with Crippen LogP contribution in [0.1, 0.15) is 18.1 Å². The Labute approximate surface area is 259 Å². The maximum atomic E-state index is 6.42. The number of para-hydroxylation sites is 1. The molecule has 0 radical (unpaired) electrons. The number of rotatable bonds is 6. The van der Waals surface area contributed by atoms with E-state index in [9.17, 15) is 0 Å². The van der Waals surface area contributed by atoms with Crippen molar-refractivity contribution >= 4 is 28.9 Å². The van der Waals surface area contributed by atoms with E-state index in [1.54, 1.807) is 0 Å². The van der Waals surface area contributed by atoms with Crippen LogP contribution in [0.25, 0.3) is 55.4 Å². The summed E-state index contributed by atoms with van der Waals surface area (Å²) in [5, 5.41) is 2.14. The molecule has 0 aliphatic heterocycles. The molecule has 0 spiro atoms. The quantitative estimate of drug-likeness (QED) is 0.184. The summed E-state index contributed by atoms with van der Waals surface area (Å²) in [6, 6.07) is 55.3. The first-order valence-electron chi connectivity index (χ1n) is 15.0. The predicted octanol–water partition coefficient (Wildman–Crippen LogP) is 10.3. The molecular formula is C42H31BO. The van der Waals surface area contributed by atoms with Gasteiger partial charge in [0.1, 0.15) is 0 Å². The van der Waals surface area contributed by atoms with Crippen LogP contribution in [0.4, 0.5) is 0 Å². The van der Waals surface area contributed by atoms with E-state index in [0.717, 1.165) is 49.2 Å². The Morgan fingerprint density at radius 1 is 0.500 bits per heavy atom. The summed E-state index contributed by atoms with van der Waals surface area (Å²) in [6.07, 6.45) is 0. The van der Waals surface area contributed by atoms with Crippen molar-refractivity contribution in [2.24, 2.45) is 0 Å². The monoisotopic (exact) mass is 562 g/mol. The molecule has 7 aromatic rings. The van der Waals surface area contributed by atoms with Gasteiger partial charge in [-0.05, 0) is 0 Å². The van der Waals surface area contributed by atoms with Gasteiger partial charge in [-0.1, -0.05) is 30.3 Å². The Kier molecular flexibility index (Phi) is 7.48. The molecule has 0 N–H and O–H groups in total. The van der Waals surface area contributed by atoms with Crippen molar-refractivity contribution in [3.8, 4) is 33.4 Å². The van der Waals surface area contributed by atoms with E-state index in [0.29, 0.717) is 0 Å². The van der Waals surface area contributed by atoms with E-state index in [1.807, 2.05) is 24.3 Å². The third kappa shape index (κ3) is 5.51. The average molecular weight is 563 g/mol. The molecule has 7 rings (SSSR count). The Morgan fingerprint density at radius 2 is 1.00 bits per heavy atom. The van der Waals surface area contributed by atoms with E-state index in [2.05, 4.69) is 154 Å². The minimum atomic E-state index is 0.874. The fraction of sp³-hybridized carbons (Fsp3) is 0.0238. The van der Waals surface area contributed by atoms with E-state index >= 15 is 0 Å². The fourth-order valence-electron chi connectivity index (χ4n) is 5.83. The number of hydrogen-bond acceptors (Lipinski definition) is 1. The zero-order valence-corrected chi connectivity index (χ0v) is 24.7. The average Bonchev–Trinajstić information content (AvgIpc) is 3.47. The predicted molar refractivity (Wildman–Crippen MR) is 187 cm³/mol. The Bertz CT molecular complexity index is 2220. The van der Waals surface area contributed by atoms with Gasteiger partial charge in [-0.25, -0.2) is 0 Å². The molecule has 0 fully saturated rings. The maximum absolute atomic E-state index is 6.42. The molecule has 0 bridgehead atoms. The molecule has 0 unspecified atom stereocenters. The molecule has 0 saturated heterocycles. The van der Waals surface area contributed by atoms with Gasteiger partial charge in [0.15, 0.2) is 0 Å². The van der Waals surface area contributed by atoms with Gasteiger partial charge in [-0.15, -0.1) is 0 Å². The van der Waals surface area contributed by atoms with Gasteiger partial charge in [-0.3, -0.25) is 0 Å². The Morgan fingerprint density at radius 3 is 1.73 bits per heavy atom. The molecule has 208 valence electrons. The van der Waals surface area contributed by atoms with Crippen LogP contribution in [0, 0.1) is 5.11 Å². The summed E-state index contributed by atoms with van der Waals surface area (Å²) >= 11 is 0. The van der Waals surface area contributed by atoms with Crippen molar-refractivity contribution in [1.82, 2.24) is 0 Å². The van der Waals surface area contributed by atoms with Crippen LogP contribution in [-0.4, -0.2) is 6.92 Å².